The first-order valence-electron chi connectivity index (χ1n) is 7.28. The lowest BCUT2D eigenvalue weighted by Crippen LogP contribution is -2.43. The molecule has 0 aromatic heterocycles. The zero-order valence-electron chi connectivity index (χ0n) is 12.7. The first-order valence-corrected chi connectivity index (χ1v) is 7.69. The van der Waals surface area contributed by atoms with Crippen LogP contribution in [0.4, 0.5) is 5.69 Å². The minimum absolute atomic E-state index is 0.0239. The molecule has 0 spiro atoms. The van der Waals surface area contributed by atoms with Crippen LogP contribution in [0.1, 0.15) is 32.3 Å². The maximum Gasteiger partial charge on any atom is 0.238 e. The van der Waals surface area contributed by atoms with Crippen molar-refractivity contribution in [3.05, 3.63) is 29.8 Å². The van der Waals surface area contributed by atoms with E-state index in [1.54, 1.807) is 0 Å². The van der Waals surface area contributed by atoms with Crippen molar-refractivity contribution in [2.45, 2.75) is 26.7 Å². The average molecular weight is 305 g/mol. The molecule has 0 bridgehead atoms. The Morgan fingerprint density at radius 3 is 2.62 bits per heavy atom. The lowest BCUT2D eigenvalue weighted by Gasteiger charge is -2.37. The maximum absolute atomic E-state index is 12.1. The molecule has 114 valence electrons. The predicted octanol–water partition coefficient (Wildman–Crippen LogP) is 2.38. The van der Waals surface area contributed by atoms with Gasteiger partial charge in [-0.15, -0.1) is 0 Å². The van der Waals surface area contributed by atoms with Gasteiger partial charge in [0.1, 0.15) is 4.99 Å². The summed E-state index contributed by atoms with van der Waals surface area (Å²) in [5.74, 6) is 0.0239. The molecule has 5 heteroatoms. The fraction of sp³-hybridized carbons (Fsp3) is 0.500. The molecule has 1 aliphatic heterocycles. The Labute approximate surface area is 131 Å². The number of piperidine rings is 1. The number of nitrogens with two attached hydrogens (primary N) is 1. The lowest BCUT2D eigenvalue weighted by atomic mass is 9.84. The van der Waals surface area contributed by atoms with Gasteiger partial charge in [0.2, 0.25) is 5.91 Å². The molecule has 21 heavy (non-hydrogen) atoms. The molecule has 0 aliphatic carbocycles. The normalized spacial score (nSPS) is 18.2. The minimum Gasteiger partial charge on any atom is -0.389 e. The van der Waals surface area contributed by atoms with Crippen molar-refractivity contribution < 1.29 is 4.79 Å². The monoisotopic (exact) mass is 305 g/mol. The topological polar surface area (TPSA) is 58.4 Å². The standard InChI is InChI=1S/C16H23N3OS/c1-16(2)8-3-9-19(11-16)10-14(20)18-13-6-4-12(5-7-13)15(17)21/h4-7H,3,8-11H2,1-2H3,(H2,17,21)(H,18,20). The Balaban J connectivity index is 1.88. The highest BCUT2D eigenvalue weighted by atomic mass is 32.1. The largest absolute Gasteiger partial charge is 0.389 e. The summed E-state index contributed by atoms with van der Waals surface area (Å²) >= 11 is 4.91. The molecule has 0 saturated carbocycles. The lowest BCUT2D eigenvalue weighted by molar-refractivity contribution is -0.118. The second-order valence-electron chi connectivity index (χ2n) is 6.47. The Morgan fingerprint density at radius 1 is 1.38 bits per heavy atom. The van der Waals surface area contributed by atoms with E-state index in [0.29, 0.717) is 16.9 Å². The van der Waals surface area contributed by atoms with Gasteiger partial charge in [0.25, 0.3) is 0 Å². The zero-order valence-corrected chi connectivity index (χ0v) is 13.5. The van der Waals surface area contributed by atoms with E-state index in [1.807, 2.05) is 24.3 Å². The number of hydrogen-bond donors (Lipinski definition) is 2. The molecule has 1 aromatic rings. The zero-order chi connectivity index (χ0) is 15.5. The summed E-state index contributed by atoms with van der Waals surface area (Å²) in [6, 6.07) is 7.29. The highest BCUT2D eigenvalue weighted by Gasteiger charge is 2.27. The summed E-state index contributed by atoms with van der Waals surface area (Å²) in [5.41, 5.74) is 7.43. The average Bonchev–Trinajstić information content (AvgIpc) is 2.37. The summed E-state index contributed by atoms with van der Waals surface area (Å²) in [4.78, 5) is 14.7. The van der Waals surface area contributed by atoms with E-state index >= 15 is 0 Å². The molecule has 1 amide bonds. The number of rotatable bonds is 4. The Bertz CT molecular complexity index is 525. The third kappa shape index (κ3) is 4.79. The van der Waals surface area contributed by atoms with Crippen LogP contribution in [0, 0.1) is 5.41 Å². The third-order valence-corrected chi connectivity index (χ3v) is 4.04. The number of likely N-dealkylation sites (tertiary alicyclic amines) is 1. The molecule has 0 unspecified atom stereocenters. The van der Waals surface area contributed by atoms with Crippen LogP contribution >= 0.6 is 12.2 Å². The molecule has 3 N–H and O–H groups in total. The summed E-state index contributed by atoms with van der Waals surface area (Å²) < 4.78 is 0. The van der Waals surface area contributed by atoms with Crippen molar-refractivity contribution in [2.24, 2.45) is 11.1 Å². The molecular weight excluding hydrogens is 282 g/mol. The van der Waals surface area contributed by atoms with Crippen LogP contribution in [-0.4, -0.2) is 35.4 Å². The van der Waals surface area contributed by atoms with Gasteiger partial charge in [-0.3, -0.25) is 9.69 Å². The molecule has 1 saturated heterocycles. The van der Waals surface area contributed by atoms with E-state index in [0.717, 1.165) is 30.8 Å². The van der Waals surface area contributed by atoms with Crippen molar-refractivity contribution in [1.29, 1.82) is 0 Å². The van der Waals surface area contributed by atoms with Gasteiger partial charge in [0, 0.05) is 17.8 Å². The Hall–Kier alpha value is -1.46. The second-order valence-corrected chi connectivity index (χ2v) is 6.91. The van der Waals surface area contributed by atoms with E-state index in [-0.39, 0.29) is 5.91 Å². The molecular formula is C16H23N3OS. The highest BCUT2D eigenvalue weighted by molar-refractivity contribution is 7.80. The second kappa shape index (κ2) is 6.54. The fourth-order valence-electron chi connectivity index (χ4n) is 2.80. The van der Waals surface area contributed by atoms with Gasteiger partial charge in [-0.2, -0.15) is 0 Å². The SMILES string of the molecule is CC1(C)CCCN(CC(=O)Nc2ccc(C(N)=S)cc2)C1. The summed E-state index contributed by atoms with van der Waals surface area (Å²) in [7, 11) is 0. The quantitative estimate of drug-likeness (QED) is 0.839. The number of carbonyl (C=O) groups is 1. The number of amides is 1. The molecule has 0 atom stereocenters. The van der Waals surface area contributed by atoms with E-state index in [4.69, 9.17) is 18.0 Å². The van der Waals surface area contributed by atoms with Crippen molar-refractivity contribution in [1.82, 2.24) is 4.90 Å². The van der Waals surface area contributed by atoms with Gasteiger partial charge in [-0.25, -0.2) is 0 Å². The maximum atomic E-state index is 12.1. The summed E-state index contributed by atoms with van der Waals surface area (Å²) in [6.45, 7) is 6.93. The van der Waals surface area contributed by atoms with E-state index in [2.05, 4.69) is 24.1 Å². The minimum atomic E-state index is 0.0239. The molecule has 4 nitrogen and oxygen atoms in total. The first kappa shape index (κ1) is 15.9. The van der Waals surface area contributed by atoms with Crippen molar-refractivity contribution in [2.75, 3.05) is 25.0 Å². The van der Waals surface area contributed by atoms with E-state index in [1.165, 1.54) is 6.42 Å². The number of nitrogens with zero attached hydrogens (tertiary/aromatic N) is 1. The first-order chi connectivity index (χ1) is 9.85. The molecule has 0 radical (unpaired) electrons. The Kier molecular flexibility index (Phi) is 4.96. The molecule has 1 aromatic carbocycles. The van der Waals surface area contributed by atoms with Crippen LogP contribution in [-0.2, 0) is 4.79 Å². The van der Waals surface area contributed by atoms with Crippen LogP contribution in [0.25, 0.3) is 0 Å². The van der Waals surface area contributed by atoms with Crippen molar-refractivity contribution in [3.8, 4) is 0 Å². The summed E-state index contributed by atoms with van der Waals surface area (Å²) in [6.07, 6.45) is 2.38. The number of thiocarbonyl (C=S) groups is 1. The summed E-state index contributed by atoms with van der Waals surface area (Å²) in [5, 5.41) is 2.92. The fourth-order valence-corrected chi connectivity index (χ4v) is 2.94. The number of benzene rings is 1. The number of carbonyl (C=O) groups excluding carboxylic acids is 1. The Morgan fingerprint density at radius 2 is 2.05 bits per heavy atom. The molecule has 1 aliphatic rings. The highest BCUT2D eigenvalue weighted by Crippen LogP contribution is 2.28. The molecule has 1 heterocycles. The van der Waals surface area contributed by atoms with Gasteiger partial charge in [0.15, 0.2) is 0 Å². The van der Waals surface area contributed by atoms with Gasteiger partial charge in [-0.05, 0) is 49.1 Å². The van der Waals surface area contributed by atoms with Gasteiger partial charge in [0.05, 0.1) is 6.54 Å². The van der Waals surface area contributed by atoms with Crippen molar-refractivity contribution >= 4 is 28.8 Å². The predicted molar refractivity (Wildman–Crippen MR) is 90.4 cm³/mol. The van der Waals surface area contributed by atoms with Gasteiger partial charge < -0.3 is 11.1 Å². The third-order valence-electron chi connectivity index (χ3n) is 3.80. The van der Waals surface area contributed by atoms with Crippen LogP contribution < -0.4 is 11.1 Å². The van der Waals surface area contributed by atoms with Crippen LogP contribution in [0.3, 0.4) is 0 Å². The van der Waals surface area contributed by atoms with E-state index in [9.17, 15) is 4.79 Å². The van der Waals surface area contributed by atoms with Crippen LogP contribution in [0.2, 0.25) is 0 Å². The van der Waals surface area contributed by atoms with Crippen LogP contribution in [0.5, 0.6) is 0 Å². The van der Waals surface area contributed by atoms with Gasteiger partial charge >= 0.3 is 0 Å². The van der Waals surface area contributed by atoms with Gasteiger partial charge in [-0.1, -0.05) is 26.1 Å². The molecule has 2 rings (SSSR count). The van der Waals surface area contributed by atoms with E-state index < -0.39 is 0 Å². The number of nitrogens with one attached hydrogen (secondary N) is 1. The molecule has 1 fully saturated rings. The smallest absolute Gasteiger partial charge is 0.238 e. The number of hydrogen-bond acceptors (Lipinski definition) is 3. The van der Waals surface area contributed by atoms with Crippen molar-refractivity contribution in [3.63, 3.8) is 0 Å². The number of anilines is 1. The van der Waals surface area contributed by atoms with Crippen LogP contribution in [0.15, 0.2) is 24.3 Å².